The van der Waals surface area contributed by atoms with E-state index >= 15 is 0 Å². The van der Waals surface area contributed by atoms with Gasteiger partial charge in [-0.15, -0.1) is 0 Å². The minimum atomic E-state index is -4.57. The van der Waals surface area contributed by atoms with Crippen molar-refractivity contribution in [3.05, 3.63) is 89.9 Å². The van der Waals surface area contributed by atoms with Gasteiger partial charge in [0.05, 0.1) is 11.6 Å². The van der Waals surface area contributed by atoms with Crippen molar-refractivity contribution < 1.29 is 27.5 Å². The lowest BCUT2D eigenvalue weighted by molar-refractivity contribution is -0.137. The van der Waals surface area contributed by atoms with Crippen LogP contribution < -0.4 is 10.6 Å². The van der Waals surface area contributed by atoms with Crippen LogP contribution in [-0.2, 0) is 10.9 Å². The Morgan fingerprint density at radius 2 is 1.70 bits per heavy atom. The summed E-state index contributed by atoms with van der Waals surface area (Å²) < 4.78 is 47.8. The van der Waals surface area contributed by atoms with Crippen LogP contribution in [0.15, 0.2) is 73.1 Å². The number of piperidine rings is 1. The van der Waals surface area contributed by atoms with Crippen molar-refractivity contribution in [2.45, 2.75) is 64.4 Å². The first-order valence-electron chi connectivity index (χ1n) is 15.0. The number of halogens is 3. The Bertz CT molecular complexity index is 1680. The monoisotopic (exact) mass is 635 g/mol. The van der Waals surface area contributed by atoms with E-state index in [9.17, 15) is 22.8 Å². The first-order valence-corrected chi connectivity index (χ1v) is 15.0. The SMILES string of the molecule is C[C@H](Nc1nccc(-n2cc(C(=O)NC3CCN(C(=O)OC(C)(C)C)CC3)nc2-c2cccc(C(F)(F)F)c2)n1)c1ccccc1. The third-order valence-electron chi connectivity index (χ3n) is 7.40. The zero-order chi connectivity index (χ0) is 33.1. The molecule has 0 radical (unpaired) electrons. The lowest BCUT2D eigenvalue weighted by Gasteiger charge is -2.33. The first kappa shape index (κ1) is 32.5. The van der Waals surface area contributed by atoms with Crippen LogP contribution in [-0.4, -0.2) is 61.2 Å². The van der Waals surface area contributed by atoms with Crippen molar-refractivity contribution in [1.29, 1.82) is 0 Å². The smallest absolute Gasteiger partial charge is 0.416 e. The van der Waals surface area contributed by atoms with Gasteiger partial charge in [-0.1, -0.05) is 42.5 Å². The number of nitrogens with zero attached hydrogens (tertiary/aromatic N) is 5. The van der Waals surface area contributed by atoms with Crippen molar-refractivity contribution in [3.63, 3.8) is 0 Å². The molecule has 46 heavy (non-hydrogen) atoms. The number of alkyl halides is 3. The van der Waals surface area contributed by atoms with Crippen molar-refractivity contribution in [2.75, 3.05) is 18.4 Å². The Hall–Kier alpha value is -4.94. The fourth-order valence-corrected chi connectivity index (χ4v) is 5.07. The highest BCUT2D eigenvalue weighted by Crippen LogP contribution is 2.33. The lowest BCUT2D eigenvalue weighted by atomic mass is 10.1. The number of ether oxygens (including phenoxy) is 1. The number of anilines is 1. The molecule has 0 spiro atoms. The maximum atomic E-state index is 13.6. The van der Waals surface area contributed by atoms with E-state index in [1.54, 1.807) is 31.7 Å². The predicted octanol–water partition coefficient (Wildman–Crippen LogP) is 6.65. The maximum absolute atomic E-state index is 13.6. The van der Waals surface area contributed by atoms with E-state index < -0.39 is 29.3 Å². The van der Waals surface area contributed by atoms with Gasteiger partial charge < -0.3 is 20.3 Å². The van der Waals surface area contributed by atoms with Crippen LogP contribution in [0, 0.1) is 0 Å². The summed E-state index contributed by atoms with van der Waals surface area (Å²) in [5.74, 6) is 0.215. The van der Waals surface area contributed by atoms with E-state index in [-0.39, 0.29) is 29.2 Å². The molecule has 0 aliphatic carbocycles. The number of nitrogens with one attached hydrogen (secondary N) is 2. The highest BCUT2D eigenvalue weighted by Gasteiger charge is 2.32. The maximum Gasteiger partial charge on any atom is 0.416 e. The molecule has 2 aromatic carbocycles. The highest BCUT2D eigenvalue weighted by molar-refractivity contribution is 5.93. The van der Waals surface area contributed by atoms with Gasteiger partial charge >= 0.3 is 12.3 Å². The topological polar surface area (TPSA) is 114 Å². The summed E-state index contributed by atoms with van der Waals surface area (Å²) in [6.07, 6.45) is -0.983. The first-order chi connectivity index (χ1) is 21.8. The summed E-state index contributed by atoms with van der Waals surface area (Å²) >= 11 is 0. The van der Waals surface area contributed by atoms with Crippen LogP contribution in [0.5, 0.6) is 0 Å². The quantitative estimate of drug-likeness (QED) is 0.234. The highest BCUT2D eigenvalue weighted by atomic mass is 19.4. The van der Waals surface area contributed by atoms with Crippen LogP contribution in [0.3, 0.4) is 0 Å². The van der Waals surface area contributed by atoms with Gasteiger partial charge in [-0.25, -0.2) is 14.8 Å². The van der Waals surface area contributed by atoms with Crippen LogP contribution in [0.1, 0.15) is 68.2 Å². The molecule has 2 aromatic heterocycles. The van der Waals surface area contributed by atoms with E-state index in [0.717, 1.165) is 17.7 Å². The van der Waals surface area contributed by atoms with Crippen molar-refractivity contribution in [3.8, 4) is 17.2 Å². The molecule has 0 bridgehead atoms. The molecule has 1 aliphatic heterocycles. The van der Waals surface area contributed by atoms with Gasteiger partial charge in [-0.05, 0) is 64.3 Å². The molecule has 10 nitrogen and oxygen atoms in total. The van der Waals surface area contributed by atoms with Gasteiger partial charge in [0.1, 0.15) is 22.9 Å². The van der Waals surface area contributed by atoms with E-state index in [4.69, 9.17) is 4.74 Å². The van der Waals surface area contributed by atoms with Gasteiger partial charge in [-0.3, -0.25) is 9.36 Å². The second-order valence-electron chi connectivity index (χ2n) is 12.1. The molecule has 0 saturated carbocycles. The zero-order valence-corrected chi connectivity index (χ0v) is 26.0. The van der Waals surface area contributed by atoms with Crippen molar-refractivity contribution in [2.24, 2.45) is 0 Å². The molecule has 1 fully saturated rings. The lowest BCUT2D eigenvalue weighted by Crippen LogP contribution is -2.47. The van der Waals surface area contributed by atoms with Crippen LogP contribution in [0.2, 0.25) is 0 Å². The molecule has 3 heterocycles. The van der Waals surface area contributed by atoms with Crippen molar-refractivity contribution >= 4 is 17.9 Å². The van der Waals surface area contributed by atoms with Gasteiger partial charge in [-0.2, -0.15) is 18.2 Å². The number of benzene rings is 2. The van der Waals surface area contributed by atoms with E-state index in [2.05, 4.69) is 25.6 Å². The molecular formula is C33H36F3N7O3. The van der Waals surface area contributed by atoms with E-state index in [0.29, 0.717) is 37.7 Å². The third kappa shape index (κ3) is 8.01. The van der Waals surface area contributed by atoms with Crippen LogP contribution >= 0.6 is 0 Å². The minimum Gasteiger partial charge on any atom is -0.444 e. The third-order valence-corrected chi connectivity index (χ3v) is 7.40. The number of hydrogen-bond donors (Lipinski definition) is 2. The number of amides is 2. The second-order valence-corrected chi connectivity index (χ2v) is 12.1. The molecule has 1 atom stereocenters. The summed E-state index contributed by atoms with van der Waals surface area (Å²) in [6, 6.07) is 15.7. The molecular weight excluding hydrogens is 599 g/mol. The number of hydrogen-bond acceptors (Lipinski definition) is 7. The average molecular weight is 636 g/mol. The number of carbonyl (C=O) groups is 2. The Morgan fingerprint density at radius 1 is 0.978 bits per heavy atom. The second kappa shape index (κ2) is 13.2. The molecule has 0 unspecified atom stereocenters. The fraction of sp³-hybridized carbons (Fsp3) is 0.364. The molecule has 13 heteroatoms. The van der Waals surface area contributed by atoms with Crippen molar-refractivity contribution in [1.82, 2.24) is 29.7 Å². The Kier molecular flexibility index (Phi) is 9.31. The van der Waals surface area contributed by atoms with Crippen LogP contribution in [0.25, 0.3) is 17.2 Å². The molecule has 1 aliphatic rings. The predicted molar refractivity (Wildman–Crippen MR) is 166 cm³/mol. The molecule has 2 amide bonds. The summed E-state index contributed by atoms with van der Waals surface area (Å²) in [6.45, 7) is 8.17. The van der Waals surface area contributed by atoms with Gasteiger partial charge in [0.2, 0.25) is 5.95 Å². The fourth-order valence-electron chi connectivity index (χ4n) is 5.07. The van der Waals surface area contributed by atoms with Gasteiger partial charge in [0.25, 0.3) is 5.91 Å². The van der Waals surface area contributed by atoms with E-state index in [1.165, 1.54) is 29.1 Å². The molecule has 4 aromatic rings. The van der Waals surface area contributed by atoms with Gasteiger partial charge in [0, 0.05) is 37.1 Å². The standard InChI is InChI=1S/C33H36F3N7O3/c1-21(22-9-6-5-7-10-22)38-30-37-16-13-27(41-30)43-20-26(40-28(43)23-11-8-12-24(19-23)33(34,35)36)29(44)39-25-14-17-42(18-15-25)31(45)46-32(2,3)4/h5-13,16,19-21,25H,14-15,17-18H2,1-4H3,(H,39,44)(H,37,38,41)/t21-/m0/s1. The summed E-state index contributed by atoms with van der Waals surface area (Å²) in [5.41, 5.74) is -0.277. The Labute approximate surface area is 265 Å². The number of aromatic nitrogens is 4. The number of likely N-dealkylation sites (tertiary alicyclic amines) is 1. The Morgan fingerprint density at radius 3 is 2.37 bits per heavy atom. The largest absolute Gasteiger partial charge is 0.444 e. The summed E-state index contributed by atoms with van der Waals surface area (Å²) in [7, 11) is 0. The van der Waals surface area contributed by atoms with Crippen LogP contribution in [0.4, 0.5) is 23.9 Å². The minimum absolute atomic E-state index is 0.00718. The average Bonchev–Trinajstić information content (AvgIpc) is 3.47. The zero-order valence-electron chi connectivity index (χ0n) is 26.0. The number of imidazole rings is 1. The summed E-state index contributed by atoms with van der Waals surface area (Å²) in [5, 5.41) is 6.20. The normalized spacial score (nSPS) is 14.9. The molecule has 1 saturated heterocycles. The number of rotatable bonds is 7. The molecule has 2 N–H and O–H groups in total. The molecule has 5 rings (SSSR count). The summed E-state index contributed by atoms with van der Waals surface area (Å²) in [4.78, 5) is 40.9. The molecule has 242 valence electrons. The van der Waals surface area contributed by atoms with Gasteiger partial charge in [0.15, 0.2) is 0 Å². The Balaban J connectivity index is 1.40. The van der Waals surface area contributed by atoms with E-state index in [1.807, 2.05) is 37.3 Å². The number of carbonyl (C=O) groups excluding carboxylic acids is 2.